The molecule has 9 heteroatoms. The Hall–Kier alpha value is -3.03. The molecule has 0 bridgehead atoms. The van der Waals surface area contributed by atoms with Crippen molar-refractivity contribution >= 4 is 52.4 Å². The smallest absolute Gasteiger partial charge is 0.422 e. The molecule has 0 saturated carbocycles. The number of hydrogen-bond donors (Lipinski definition) is 0. The molecule has 2 amide bonds. The third kappa shape index (κ3) is 6.84. The van der Waals surface area contributed by atoms with Crippen LogP contribution in [0.2, 0.25) is 10.0 Å². The van der Waals surface area contributed by atoms with Gasteiger partial charge in [0.15, 0.2) is 0 Å². The molecule has 0 spiro atoms. The standard InChI is InChI=1S/C28H31Cl2NO6/c1-27(2,3)37-26(34)31-22-15-19(30)10-12-20(22)21(24(31)32)9-7-8-17-14-18(29)11-13-23(17)36-16-28(4,5)25(33)35-6/h9-15H,7-8,16H2,1-6H3/b21-9+. The topological polar surface area (TPSA) is 82.1 Å². The van der Waals surface area contributed by atoms with Gasteiger partial charge in [-0.25, -0.2) is 9.69 Å². The van der Waals surface area contributed by atoms with Gasteiger partial charge in [-0.1, -0.05) is 35.3 Å². The summed E-state index contributed by atoms with van der Waals surface area (Å²) in [4.78, 5) is 39.2. The van der Waals surface area contributed by atoms with Gasteiger partial charge >= 0.3 is 12.1 Å². The Bertz CT molecular complexity index is 1250. The summed E-state index contributed by atoms with van der Waals surface area (Å²) in [6.45, 7) is 8.80. The Morgan fingerprint density at radius 3 is 2.30 bits per heavy atom. The van der Waals surface area contributed by atoms with Crippen LogP contribution in [0.1, 0.15) is 52.2 Å². The highest BCUT2D eigenvalue weighted by Gasteiger charge is 2.39. The fraction of sp³-hybridized carbons (Fsp3) is 0.393. The first-order valence-electron chi connectivity index (χ1n) is 11.8. The molecule has 0 atom stereocenters. The quantitative estimate of drug-likeness (QED) is 0.278. The number of allylic oxidation sites excluding steroid dienone is 1. The van der Waals surface area contributed by atoms with Gasteiger partial charge < -0.3 is 14.2 Å². The Kier molecular flexibility index (Phi) is 8.60. The molecule has 0 saturated heterocycles. The van der Waals surface area contributed by atoms with E-state index in [4.69, 9.17) is 37.4 Å². The summed E-state index contributed by atoms with van der Waals surface area (Å²) < 4.78 is 16.3. The second-order valence-electron chi connectivity index (χ2n) is 10.4. The number of carbonyl (C=O) groups is 3. The van der Waals surface area contributed by atoms with Gasteiger partial charge in [-0.2, -0.15) is 0 Å². The van der Waals surface area contributed by atoms with E-state index in [-0.39, 0.29) is 12.6 Å². The molecule has 1 heterocycles. The number of hydrogen-bond acceptors (Lipinski definition) is 6. The normalized spacial score (nSPS) is 14.5. The molecule has 0 aromatic heterocycles. The van der Waals surface area contributed by atoms with Crippen LogP contribution in [0.25, 0.3) is 5.57 Å². The maximum absolute atomic E-state index is 13.3. The minimum Gasteiger partial charge on any atom is -0.492 e. The fourth-order valence-corrected chi connectivity index (χ4v) is 4.16. The summed E-state index contributed by atoms with van der Waals surface area (Å²) in [5.41, 5.74) is 0.579. The summed E-state index contributed by atoms with van der Waals surface area (Å²) >= 11 is 12.4. The van der Waals surface area contributed by atoms with Crippen LogP contribution in [0, 0.1) is 5.41 Å². The van der Waals surface area contributed by atoms with E-state index in [0.29, 0.717) is 45.5 Å². The summed E-state index contributed by atoms with van der Waals surface area (Å²) in [6, 6.07) is 10.2. The average molecular weight is 548 g/mol. The zero-order valence-corrected chi connectivity index (χ0v) is 23.3. The molecule has 2 aromatic carbocycles. The number of imide groups is 1. The highest BCUT2D eigenvalue weighted by Crippen LogP contribution is 2.40. The summed E-state index contributed by atoms with van der Waals surface area (Å²) in [6.07, 6.45) is 1.98. The SMILES string of the molecule is COC(=O)C(C)(C)COc1ccc(Cl)cc1CC/C=C1/C(=O)N(C(=O)OC(C)(C)C)c2cc(Cl)ccc21. The van der Waals surface area contributed by atoms with E-state index in [9.17, 15) is 14.4 Å². The third-order valence-electron chi connectivity index (χ3n) is 5.61. The van der Waals surface area contributed by atoms with Gasteiger partial charge in [0.1, 0.15) is 18.0 Å². The van der Waals surface area contributed by atoms with Crippen LogP contribution in [0.3, 0.4) is 0 Å². The van der Waals surface area contributed by atoms with Crippen LogP contribution in [0.15, 0.2) is 42.5 Å². The van der Waals surface area contributed by atoms with E-state index in [0.717, 1.165) is 10.5 Å². The van der Waals surface area contributed by atoms with Gasteiger partial charge in [-0.05, 0) is 83.4 Å². The van der Waals surface area contributed by atoms with Crippen LogP contribution < -0.4 is 9.64 Å². The van der Waals surface area contributed by atoms with Crippen molar-refractivity contribution in [3.05, 3.63) is 63.6 Å². The van der Waals surface area contributed by atoms with Crippen molar-refractivity contribution in [2.45, 2.75) is 53.1 Å². The first-order chi connectivity index (χ1) is 17.2. The number of fused-ring (bicyclic) bond motifs is 1. The average Bonchev–Trinajstić information content (AvgIpc) is 3.07. The molecule has 0 aliphatic carbocycles. The van der Waals surface area contributed by atoms with E-state index < -0.39 is 23.0 Å². The minimum absolute atomic E-state index is 0.118. The number of halogens is 2. The van der Waals surface area contributed by atoms with Crippen molar-refractivity contribution in [1.82, 2.24) is 0 Å². The lowest BCUT2D eigenvalue weighted by molar-refractivity contribution is -0.152. The molecule has 198 valence electrons. The Morgan fingerprint density at radius 1 is 1.00 bits per heavy atom. The van der Waals surface area contributed by atoms with E-state index in [1.807, 2.05) is 0 Å². The summed E-state index contributed by atoms with van der Waals surface area (Å²) in [5, 5.41) is 0.937. The Morgan fingerprint density at radius 2 is 1.65 bits per heavy atom. The Balaban J connectivity index is 1.83. The molecular formula is C28H31Cl2NO6. The number of nitrogens with zero attached hydrogens (tertiary/aromatic N) is 1. The van der Waals surface area contributed by atoms with Crippen LogP contribution in [0.5, 0.6) is 5.75 Å². The van der Waals surface area contributed by atoms with E-state index in [2.05, 4.69) is 0 Å². The lowest BCUT2D eigenvalue weighted by Gasteiger charge is -2.23. The van der Waals surface area contributed by atoms with Crippen molar-refractivity contribution in [2.75, 3.05) is 18.6 Å². The maximum Gasteiger partial charge on any atom is 0.422 e. The van der Waals surface area contributed by atoms with Crippen molar-refractivity contribution in [2.24, 2.45) is 5.41 Å². The lowest BCUT2D eigenvalue weighted by Crippen LogP contribution is -2.38. The van der Waals surface area contributed by atoms with Gasteiger partial charge in [-0.15, -0.1) is 0 Å². The van der Waals surface area contributed by atoms with Crippen LogP contribution in [-0.4, -0.2) is 37.3 Å². The summed E-state index contributed by atoms with van der Waals surface area (Å²) in [5.74, 6) is -0.269. The zero-order valence-electron chi connectivity index (χ0n) is 21.8. The van der Waals surface area contributed by atoms with Crippen molar-refractivity contribution in [3.63, 3.8) is 0 Å². The zero-order chi connectivity index (χ0) is 27.5. The number of aryl methyl sites for hydroxylation is 1. The molecule has 0 unspecified atom stereocenters. The second kappa shape index (κ2) is 11.2. The maximum atomic E-state index is 13.3. The van der Waals surface area contributed by atoms with Crippen molar-refractivity contribution in [3.8, 4) is 5.75 Å². The molecule has 7 nitrogen and oxygen atoms in total. The molecule has 1 aliphatic rings. The molecule has 0 N–H and O–H groups in total. The molecule has 2 aromatic rings. The number of esters is 1. The Labute approximate surface area is 227 Å². The molecule has 37 heavy (non-hydrogen) atoms. The summed E-state index contributed by atoms with van der Waals surface area (Å²) in [7, 11) is 1.34. The molecule has 0 radical (unpaired) electrons. The monoisotopic (exact) mass is 547 g/mol. The van der Waals surface area contributed by atoms with Crippen LogP contribution in [0.4, 0.5) is 10.5 Å². The number of carbonyl (C=O) groups excluding carboxylic acids is 3. The van der Waals surface area contributed by atoms with Gasteiger partial charge in [0, 0.05) is 21.2 Å². The highest BCUT2D eigenvalue weighted by molar-refractivity contribution is 6.40. The second-order valence-corrected chi connectivity index (χ2v) is 11.2. The predicted molar refractivity (Wildman–Crippen MR) is 144 cm³/mol. The van der Waals surface area contributed by atoms with Gasteiger partial charge in [0.2, 0.25) is 0 Å². The van der Waals surface area contributed by atoms with Crippen molar-refractivity contribution < 1.29 is 28.6 Å². The first kappa shape index (κ1) is 28.5. The molecule has 1 aliphatic heterocycles. The van der Waals surface area contributed by atoms with Crippen LogP contribution in [-0.2, 0) is 25.5 Å². The van der Waals surface area contributed by atoms with Crippen LogP contribution >= 0.6 is 23.2 Å². The number of ether oxygens (including phenoxy) is 3. The first-order valence-corrected chi connectivity index (χ1v) is 12.6. The minimum atomic E-state index is -0.833. The largest absolute Gasteiger partial charge is 0.492 e. The van der Waals surface area contributed by atoms with Crippen molar-refractivity contribution in [1.29, 1.82) is 0 Å². The van der Waals surface area contributed by atoms with Gasteiger partial charge in [-0.3, -0.25) is 9.59 Å². The molecule has 3 rings (SSSR count). The molecular weight excluding hydrogens is 517 g/mol. The molecule has 0 fully saturated rings. The van der Waals surface area contributed by atoms with E-state index >= 15 is 0 Å². The van der Waals surface area contributed by atoms with Gasteiger partial charge in [0.25, 0.3) is 5.91 Å². The third-order valence-corrected chi connectivity index (χ3v) is 6.08. The number of anilines is 1. The number of methoxy groups -OCH3 is 1. The van der Waals surface area contributed by atoms with E-state index in [1.54, 1.807) is 77.1 Å². The number of rotatable bonds is 7. The number of benzene rings is 2. The fourth-order valence-electron chi connectivity index (χ4n) is 3.80. The highest BCUT2D eigenvalue weighted by atomic mass is 35.5. The predicted octanol–water partition coefficient (Wildman–Crippen LogP) is 6.87. The van der Waals surface area contributed by atoms with E-state index in [1.165, 1.54) is 7.11 Å². The van der Waals surface area contributed by atoms with Gasteiger partial charge in [0.05, 0.1) is 18.2 Å². The lowest BCUT2D eigenvalue weighted by atomic mass is 9.95. The number of amides is 2.